The van der Waals surface area contributed by atoms with E-state index in [9.17, 15) is 13.2 Å². The van der Waals surface area contributed by atoms with Gasteiger partial charge >= 0.3 is 6.18 Å². The van der Waals surface area contributed by atoms with Crippen molar-refractivity contribution in [3.63, 3.8) is 0 Å². The lowest BCUT2D eigenvalue weighted by molar-refractivity contribution is -0.143. The van der Waals surface area contributed by atoms with Crippen LogP contribution in [0.4, 0.5) is 13.2 Å². The zero-order valence-electron chi connectivity index (χ0n) is 17.0. The molecular weight excluding hydrogens is 355 g/mol. The number of piperidine rings is 1. The monoisotopic (exact) mass is 391 g/mol. The third-order valence-corrected chi connectivity index (χ3v) is 5.51. The van der Waals surface area contributed by atoms with Crippen molar-refractivity contribution in [3.8, 4) is 0 Å². The molecule has 8 heteroatoms. The summed E-state index contributed by atoms with van der Waals surface area (Å²) in [6.07, 6.45) is 0.496. The Labute approximate surface area is 161 Å². The van der Waals surface area contributed by atoms with Gasteiger partial charge in [0.05, 0.1) is 13.1 Å². The number of rotatable bonds is 7. The van der Waals surface area contributed by atoms with Gasteiger partial charge in [-0.15, -0.1) is 0 Å². The molecule has 0 aliphatic carbocycles. The van der Waals surface area contributed by atoms with E-state index in [2.05, 4.69) is 29.4 Å². The molecule has 2 aliphatic heterocycles. The van der Waals surface area contributed by atoms with Crippen molar-refractivity contribution in [2.75, 3.05) is 52.4 Å². The van der Waals surface area contributed by atoms with Crippen LogP contribution < -0.4 is 10.6 Å². The SMILES string of the molecule is CCNC(=NCC(C)(C)N1CCCCC1)NCC1CCN(CC(F)(F)F)C1. The fraction of sp³-hybridized carbons (Fsp3) is 0.947. The van der Waals surface area contributed by atoms with Gasteiger partial charge < -0.3 is 10.6 Å². The van der Waals surface area contributed by atoms with Crippen LogP contribution in [0.3, 0.4) is 0 Å². The molecule has 0 aromatic rings. The Bertz CT molecular complexity index is 472. The second-order valence-corrected chi connectivity index (χ2v) is 8.44. The molecule has 0 bridgehead atoms. The number of likely N-dealkylation sites (tertiary alicyclic amines) is 2. The van der Waals surface area contributed by atoms with Crippen LogP contribution in [0.15, 0.2) is 4.99 Å². The van der Waals surface area contributed by atoms with Crippen LogP contribution in [0.2, 0.25) is 0 Å². The Balaban J connectivity index is 1.81. The average molecular weight is 392 g/mol. The number of nitrogens with one attached hydrogen (secondary N) is 2. The van der Waals surface area contributed by atoms with E-state index in [1.807, 2.05) is 6.92 Å². The van der Waals surface area contributed by atoms with Crippen LogP contribution in [0.25, 0.3) is 0 Å². The number of aliphatic imine (C=N–C) groups is 1. The molecule has 2 aliphatic rings. The maximum atomic E-state index is 12.5. The molecule has 0 saturated carbocycles. The predicted molar refractivity (Wildman–Crippen MR) is 104 cm³/mol. The van der Waals surface area contributed by atoms with E-state index in [0.717, 1.165) is 32.0 Å². The summed E-state index contributed by atoms with van der Waals surface area (Å²) in [6.45, 7) is 11.1. The average Bonchev–Trinajstić information content (AvgIpc) is 3.03. The van der Waals surface area contributed by atoms with E-state index in [-0.39, 0.29) is 11.5 Å². The summed E-state index contributed by atoms with van der Waals surface area (Å²) in [5.74, 6) is 0.989. The normalized spacial score (nSPS) is 23.6. The van der Waals surface area contributed by atoms with Crippen LogP contribution in [0.5, 0.6) is 0 Å². The van der Waals surface area contributed by atoms with E-state index in [1.165, 1.54) is 24.2 Å². The Morgan fingerprint density at radius 2 is 1.78 bits per heavy atom. The molecule has 5 nitrogen and oxygen atoms in total. The summed E-state index contributed by atoms with van der Waals surface area (Å²) >= 11 is 0. The predicted octanol–water partition coefficient (Wildman–Crippen LogP) is 2.69. The molecule has 1 atom stereocenters. The Kier molecular flexibility index (Phi) is 8.21. The minimum absolute atomic E-state index is 0.0135. The first-order valence-corrected chi connectivity index (χ1v) is 10.3. The van der Waals surface area contributed by atoms with Gasteiger partial charge in [0.25, 0.3) is 0 Å². The van der Waals surface area contributed by atoms with Gasteiger partial charge in [-0.3, -0.25) is 14.8 Å². The summed E-state index contributed by atoms with van der Waals surface area (Å²) in [6, 6.07) is 0. The van der Waals surface area contributed by atoms with Gasteiger partial charge in [0.15, 0.2) is 5.96 Å². The van der Waals surface area contributed by atoms with Gasteiger partial charge in [0.1, 0.15) is 0 Å². The van der Waals surface area contributed by atoms with Crippen LogP contribution in [-0.4, -0.2) is 79.8 Å². The lowest BCUT2D eigenvalue weighted by Crippen LogP contribution is -2.50. The van der Waals surface area contributed by atoms with Crippen molar-refractivity contribution in [3.05, 3.63) is 0 Å². The first kappa shape index (κ1) is 22.3. The van der Waals surface area contributed by atoms with Gasteiger partial charge in [-0.25, -0.2) is 0 Å². The van der Waals surface area contributed by atoms with Crippen LogP contribution in [0.1, 0.15) is 46.5 Å². The molecule has 0 radical (unpaired) electrons. The largest absolute Gasteiger partial charge is 0.401 e. The second-order valence-electron chi connectivity index (χ2n) is 8.44. The molecule has 2 heterocycles. The van der Waals surface area contributed by atoms with Crippen LogP contribution in [0, 0.1) is 5.92 Å². The van der Waals surface area contributed by atoms with Gasteiger partial charge in [-0.05, 0) is 65.6 Å². The summed E-state index contributed by atoms with van der Waals surface area (Å²) < 4.78 is 37.6. The van der Waals surface area contributed by atoms with E-state index in [0.29, 0.717) is 26.2 Å². The topological polar surface area (TPSA) is 42.9 Å². The van der Waals surface area contributed by atoms with E-state index >= 15 is 0 Å². The van der Waals surface area contributed by atoms with Gasteiger partial charge in [-0.2, -0.15) is 13.2 Å². The van der Waals surface area contributed by atoms with Crippen LogP contribution >= 0.6 is 0 Å². The summed E-state index contributed by atoms with van der Waals surface area (Å²) in [5, 5.41) is 6.59. The maximum absolute atomic E-state index is 12.5. The zero-order valence-corrected chi connectivity index (χ0v) is 17.0. The highest BCUT2D eigenvalue weighted by Crippen LogP contribution is 2.23. The Hall–Kier alpha value is -1.02. The second kappa shape index (κ2) is 9.96. The maximum Gasteiger partial charge on any atom is 0.401 e. The molecular formula is C19H36F3N5. The smallest absolute Gasteiger partial charge is 0.357 e. The molecule has 158 valence electrons. The Morgan fingerprint density at radius 3 is 2.41 bits per heavy atom. The summed E-state index contributed by atoms with van der Waals surface area (Å²) in [7, 11) is 0. The summed E-state index contributed by atoms with van der Waals surface area (Å²) in [5.41, 5.74) is 0.0135. The first-order valence-electron chi connectivity index (χ1n) is 10.3. The molecule has 2 N–H and O–H groups in total. The lowest BCUT2D eigenvalue weighted by atomic mass is 9.99. The highest BCUT2D eigenvalue weighted by atomic mass is 19.4. The van der Waals surface area contributed by atoms with Gasteiger partial charge in [-0.1, -0.05) is 6.42 Å². The minimum atomic E-state index is -4.11. The highest BCUT2D eigenvalue weighted by molar-refractivity contribution is 5.79. The van der Waals surface area contributed by atoms with Crippen molar-refractivity contribution < 1.29 is 13.2 Å². The van der Waals surface area contributed by atoms with E-state index in [4.69, 9.17) is 4.99 Å². The van der Waals surface area contributed by atoms with E-state index < -0.39 is 12.7 Å². The van der Waals surface area contributed by atoms with Crippen molar-refractivity contribution in [1.82, 2.24) is 20.4 Å². The van der Waals surface area contributed by atoms with Crippen LogP contribution in [-0.2, 0) is 0 Å². The van der Waals surface area contributed by atoms with Crippen molar-refractivity contribution in [2.45, 2.75) is 58.2 Å². The fourth-order valence-corrected chi connectivity index (χ4v) is 3.93. The molecule has 1 unspecified atom stereocenters. The summed E-state index contributed by atoms with van der Waals surface area (Å²) in [4.78, 5) is 8.76. The number of guanidine groups is 1. The van der Waals surface area contributed by atoms with Crippen molar-refractivity contribution in [1.29, 1.82) is 0 Å². The molecule has 2 fully saturated rings. The van der Waals surface area contributed by atoms with E-state index in [1.54, 1.807) is 0 Å². The quantitative estimate of drug-likeness (QED) is 0.517. The van der Waals surface area contributed by atoms with Crippen molar-refractivity contribution >= 4 is 5.96 Å². The highest BCUT2D eigenvalue weighted by Gasteiger charge is 2.34. The fourth-order valence-electron chi connectivity index (χ4n) is 3.93. The molecule has 0 aromatic carbocycles. The molecule has 2 rings (SSSR count). The third kappa shape index (κ3) is 7.86. The molecule has 0 spiro atoms. The number of halogens is 3. The van der Waals surface area contributed by atoms with Crippen molar-refractivity contribution in [2.24, 2.45) is 10.9 Å². The molecule has 0 aromatic heterocycles. The first-order chi connectivity index (χ1) is 12.7. The third-order valence-electron chi connectivity index (χ3n) is 5.51. The molecule has 2 saturated heterocycles. The number of nitrogens with zero attached hydrogens (tertiary/aromatic N) is 3. The molecule has 27 heavy (non-hydrogen) atoms. The number of hydrogen-bond donors (Lipinski definition) is 2. The number of alkyl halides is 3. The lowest BCUT2D eigenvalue weighted by Gasteiger charge is -2.40. The molecule has 0 amide bonds. The standard InChI is InChI=1S/C19H36F3N5/c1-4-23-17(25-14-18(2,3)27-9-6-5-7-10-27)24-12-16-8-11-26(13-16)15-19(20,21)22/h16H,4-15H2,1-3H3,(H2,23,24,25). The van der Waals surface area contributed by atoms with Gasteiger partial charge in [0.2, 0.25) is 0 Å². The van der Waals surface area contributed by atoms with Gasteiger partial charge in [0, 0.05) is 25.2 Å². The Morgan fingerprint density at radius 1 is 1.07 bits per heavy atom. The zero-order chi connectivity index (χ0) is 19.9. The number of hydrogen-bond acceptors (Lipinski definition) is 3. The minimum Gasteiger partial charge on any atom is -0.357 e.